The average Bonchev–Trinajstić information content (AvgIpc) is 2.97. The number of ether oxygens (including phenoxy) is 1. The Morgan fingerprint density at radius 2 is 2.08 bits per heavy atom. The molecular formula is C16H27N5O3. The third-order valence-corrected chi connectivity index (χ3v) is 4.93. The first-order chi connectivity index (χ1) is 11.7. The van der Waals surface area contributed by atoms with Gasteiger partial charge in [-0.3, -0.25) is 9.69 Å². The summed E-state index contributed by atoms with van der Waals surface area (Å²) in [6.07, 6.45) is 2.19. The van der Waals surface area contributed by atoms with E-state index in [-0.39, 0.29) is 24.9 Å². The molecule has 8 heteroatoms. The second kappa shape index (κ2) is 8.04. The van der Waals surface area contributed by atoms with Crippen LogP contribution in [0.25, 0.3) is 0 Å². The van der Waals surface area contributed by atoms with E-state index in [1.165, 1.54) is 0 Å². The zero-order valence-electron chi connectivity index (χ0n) is 14.4. The average molecular weight is 337 g/mol. The number of aromatic nitrogens is 3. The topological polar surface area (TPSA) is 83.7 Å². The summed E-state index contributed by atoms with van der Waals surface area (Å²) in [7, 11) is 2.01. The van der Waals surface area contributed by atoms with Crippen molar-refractivity contribution in [2.45, 2.75) is 31.7 Å². The summed E-state index contributed by atoms with van der Waals surface area (Å²) < 4.78 is 7.47. The molecule has 2 saturated heterocycles. The molecule has 0 bridgehead atoms. The number of morpholine rings is 1. The minimum absolute atomic E-state index is 0.0258. The van der Waals surface area contributed by atoms with Crippen LogP contribution in [0.1, 0.15) is 36.8 Å². The lowest BCUT2D eigenvalue weighted by atomic mass is 9.97. The van der Waals surface area contributed by atoms with E-state index < -0.39 is 0 Å². The molecule has 2 aliphatic rings. The Morgan fingerprint density at radius 1 is 1.29 bits per heavy atom. The summed E-state index contributed by atoms with van der Waals surface area (Å²) >= 11 is 0. The van der Waals surface area contributed by atoms with Gasteiger partial charge in [0.05, 0.1) is 26.4 Å². The van der Waals surface area contributed by atoms with Gasteiger partial charge in [-0.15, -0.1) is 10.2 Å². The molecule has 1 aromatic rings. The van der Waals surface area contributed by atoms with Crippen molar-refractivity contribution in [1.82, 2.24) is 24.6 Å². The number of hydrogen-bond acceptors (Lipinski definition) is 6. The minimum Gasteiger partial charge on any atom is -0.396 e. The van der Waals surface area contributed by atoms with Crippen molar-refractivity contribution in [3.05, 3.63) is 11.6 Å². The van der Waals surface area contributed by atoms with Crippen molar-refractivity contribution in [1.29, 1.82) is 0 Å². The maximum absolute atomic E-state index is 12.0. The van der Waals surface area contributed by atoms with Crippen LogP contribution in [0.4, 0.5) is 0 Å². The molecule has 134 valence electrons. The van der Waals surface area contributed by atoms with E-state index in [4.69, 9.17) is 9.84 Å². The van der Waals surface area contributed by atoms with Gasteiger partial charge in [0.25, 0.3) is 0 Å². The van der Waals surface area contributed by atoms with Crippen LogP contribution in [-0.4, -0.2) is 81.6 Å². The summed E-state index contributed by atoms with van der Waals surface area (Å²) in [5, 5.41) is 17.8. The third-order valence-electron chi connectivity index (χ3n) is 4.93. The highest BCUT2D eigenvalue weighted by atomic mass is 16.5. The molecule has 3 rings (SSSR count). The predicted molar refractivity (Wildman–Crippen MR) is 87.4 cm³/mol. The molecule has 0 aliphatic carbocycles. The smallest absolute Gasteiger partial charge is 0.224 e. The SMILES string of the molecule is Cn1c(CN2CCOCC2)nnc1[C@@H]1CCCN(C(=O)CCO)C1. The first-order valence-electron chi connectivity index (χ1n) is 8.76. The van der Waals surface area contributed by atoms with Gasteiger partial charge >= 0.3 is 0 Å². The van der Waals surface area contributed by atoms with E-state index in [0.717, 1.165) is 63.9 Å². The summed E-state index contributed by atoms with van der Waals surface area (Å²) in [5.41, 5.74) is 0. The fourth-order valence-corrected chi connectivity index (χ4v) is 3.50. The van der Waals surface area contributed by atoms with Gasteiger partial charge in [0, 0.05) is 45.6 Å². The molecule has 24 heavy (non-hydrogen) atoms. The number of piperidine rings is 1. The number of aliphatic hydroxyl groups excluding tert-OH is 1. The van der Waals surface area contributed by atoms with Crippen molar-refractivity contribution in [2.75, 3.05) is 46.0 Å². The van der Waals surface area contributed by atoms with Crippen LogP contribution in [-0.2, 0) is 23.1 Å². The summed E-state index contributed by atoms with van der Waals surface area (Å²) in [6.45, 7) is 5.53. The van der Waals surface area contributed by atoms with E-state index in [9.17, 15) is 4.79 Å². The zero-order valence-corrected chi connectivity index (χ0v) is 14.4. The van der Waals surface area contributed by atoms with Gasteiger partial charge in [-0.2, -0.15) is 0 Å². The maximum atomic E-state index is 12.0. The number of rotatable bonds is 5. The highest BCUT2D eigenvalue weighted by Crippen LogP contribution is 2.26. The first-order valence-corrected chi connectivity index (χ1v) is 8.76. The number of likely N-dealkylation sites (tertiary alicyclic amines) is 1. The van der Waals surface area contributed by atoms with Crippen molar-refractivity contribution in [2.24, 2.45) is 7.05 Å². The molecule has 0 spiro atoms. The zero-order chi connectivity index (χ0) is 16.9. The fraction of sp³-hybridized carbons (Fsp3) is 0.812. The van der Waals surface area contributed by atoms with Crippen LogP contribution in [0, 0.1) is 0 Å². The van der Waals surface area contributed by atoms with Crippen molar-refractivity contribution >= 4 is 5.91 Å². The fourth-order valence-electron chi connectivity index (χ4n) is 3.50. The molecule has 0 saturated carbocycles. The Bertz CT molecular complexity index is 556. The third kappa shape index (κ3) is 3.93. The van der Waals surface area contributed by atoms with Crippen LogP contribution < -0.4 is 0 Å². The Hall–Kier alpha value is -1.51. The lowest BCUT2D eigenvalue weighted by Gasteiger charge is -2.32. The number of hydrogen-bond donors (Lipinski definition) is 1. The minimum atomic E-state index is -0.0896. The highest BCUT2D eigenvalue weighted by molar-refractivity contribution is 5.76. The number of carbonyl (C=O) groups is 1. The molecule has 0 radical (unpaired) electrons. The second-order valence-corrected chi connectivity index (χ2v) is 6.57. The van der Waals surface area contributed by atoms with Gasteiger partial charge in [-0.05, 0) is 12.8 Å². The summed E-state index contributed by atoms with van der Waals surface area (Å²) in [5.74, 6) is 2.17. The van der Waals surface area contributed by atoms with E-state index >= 15 is 0 Å². The van der Waals surface area contributed by atoms with Gasteiger partial charge in [-0.1, -0.05) is 0 Å². The Labute approximate surface area is 142 Å². The molecule has 2 aliphatic heterocycles. The standard InChI is InChI=1S/C16H27N5O3/c1-19-14(12-20-6-9-24-10-7-20)17-18-16(19)13-3-2-5-21(11-13)15(23)4-8-22/h13,22H,2-12H2,1H3/t13-/m1/s1. The number of carbonyl (C=O) groups excluding carboxylic acids is 1. The Morgan fingerprint density at radius 3 is 2.83 bits per heavy atom. The van der Waals surface area contributed by atoms with E-state index in [0.29, 0.717) is 6.54 Å². The highest BCUT2D eigenvalue weighted by Gasteiger charge is 2.28. The van der Waals surface area contributed by atoms with Crippen molar-refractivity contribution in [3.63, 3.8) is 0 Å². The lowest BCUT2D eigenvalue weighted by molar-refractivity contribution is -0.133. The van der Waals surface area contributed by atoms with E-state index in [1.54, 1.807) is 0 Å². The molecule has 1 amide bonds. The molecule has 1 atom stereocenters. The van der Waals surface area contributed by atoms with Crippen molar-refractivity contribution in [3.8, 4) is 0 Å². The summed E-state index contributed by atoms with van der Waals surface area (Å²) in [4.78, 5) is 16.2. The van der Waals surface area contributed by atoms with Crippen LogP contribution in [0.2, 0.25) is 0 Å². The number of nitrogens with zero attached hydrogens (tertiary/aromatic N) is 5. The first kappa shape index (κ1) is 17.3. The molecular weight excluding hydrogens is 310 g/mol. The van der Waals surface area contributed by atoms with Gasteiger partial charge in [-0.25, -0.2) is 0 Å². The number of amides is 1. The molecule has 0 aromatic carbocycles. The van der Waals surface area contributed by atoms with Crippen LogP contribution in [0.5, 0.6) is 0 Å². The Kier molecular flexibility index (Phi) is 5.80. The molecule has 2 fully saturated rings. The lowest BCUT2D eigenvalue weighted by Crippen LogP contribution is -2.40. The Balaban J connectivity index is 1.64. The van der Waals surface area contributed by atoms with Crippen molar-refractivity contribution < 1.29 is 14.6 Å². The van der Waals surface area contributed by atoms with Gasteiger partial charge in [0.1, 0.15) is 11.6 Å². The predicted octanol–water partition coefficient (Wildman–Crippen LogP) is -0.264. The monoisotopic (exact) mass is 337 g/mol. The van der Waals surface area contributed by atoms with E-state index in [2.05, 4.69) is 19.7 Å². The normalized spacial score (nSPS) is 22.8. The summed E-state index contributed by atoms with van der Waals surface area (Å²) in [6, 6.07) is 0. The molecule has 8 nitrogen and oxygen atoms in total. The van der Waals surface area contributed by atoms with Gasteiger partial charge in [0.2, 0.25) is 5.91 Å². The number of aliphatic hydroxyl groups is 1. The molecule has 1 N–H and O–H groups in total. The maximum Gasteiger partial charge on any atom is 0.224 e. The van der Waals surface area contributed by atoms with Crippen LogP contribution >= 0.6 is 0 Å². The second-order valence-electron chi connectivity index (χ2n) is 6.57. The quantitative estimate of drug-likeness (QED) is 0.797. The van der Waals surface area contributed by atoms with E-state index in [1.807, 2.05) is 11.9 Å². The molecule has 3 heterocycles. The van der Waals surface area contributed by atoms with Crippen LogP contribution in [0.15, 0.2) is 0 Å². The largest absolute Gasteiger partial charge is 0.396 e. The van der Waals surface area contributed by atoms with Crippen LogP contribution in [0.3, 0.4) is 0 Å². The van der Waals surface area contributed by atoms with Gasteiger partial charge in [0.15, 0.2) is 0 Å². The molecule has 1 aromatic heterocycles. The molecule has 0 unspecified atom stereocenters. The van der Waals surface area contributed by atoms with Gasteiger partial charge < -0.3 is 19.3 Å².